The highest BCUT2D eigenvalue weighted by molar-refractivity contribution is 7.99. The molecule has 0 fully saturated rings. The van der Waals surface area contributed by atoms with Gasteiger partial charge in [0.15, 0.2) is 0 Å². The second-order valence-electron chi connectivity index (χ2n) is 4.44. The van der Waals surface area contributed by atoms with Crippen molar-refractivity contribution in [1.82, 2.24) is 9.78 Å². The molecular formula is C14H16ClN3OS. The fourth-order valence-electron chi connectivity index (χ4n) is 1.87. The highest BCUT2D eigenvalue weighted by atomic mass is 35.5. The molecule has 0 spiro atoms. The Bertz CT molecular complexity index is 612. The molecule has 20 heavy (non-hydrogen) atoms. The first-order valence-electron chi connectivity index (χ1n) is 6.16. The molecule has 0 aliphatic rings. The second kappa shape index (κ2) is 6.81. The van der Waals surface area contributed by atoms with Gasteiger partial charge in [0.25, 0.3) is 0 Å². The molecule has 1 aromatic carbocycles. The van der Waals surface area contributed by atoms with Gasteiger partial charge in [0.05, 0.1) is 18.5 Å². The number of carbonyl (C=O) groups excluding carboxylic acids is 1. The highest BCUT2D eigenvalue weighted by Crippen LogP contribution is 2.18. The van der Waals surface area contributed by atoms with Crippen molar-refractivity contribution in [2.45, 2.75) is 13.5 Å². The predicted octanol–water partition coefficient (Wildman–Crippen LogP) is 3.19. The number of nitrogens with zero attached hydrogens (tertiary/aromatic N) is 2. The van der Waals surface area contributed by atoms with Crippen LogP contribution >= 0.6 is 23.4 Å². The van der Waals surface area contributed by atoms with Gasteiger partial charge in [-0.3, -0.25) is 4.79 Å². The maximum absolute atomic E-state index is 11.7. The van der Waals surface area contributed by atoms with Crippen LogP contribution in [0.15, 0.2) is 30.5 Å². The molecule has 1 aromatic heterocycles. The van der Waals surface area contributed by atoms with Gasteiger partial charge in [0.1, 0.15) is 5.82 Å². The first kappa shape index (κ1) is 14.9. The van der Waals surface area contributed by atoms with Gasteiger partial charge in [-0.1, -0.05) is 23.7 Å². The van der Waals surface area contributed by atoms with Crippen LogP contribution in [0.1, 0.15) is 11.1 Å². The topological polar surface area (TPSA) is 46.9 Å². The summed E-state index contributed by atoms with van der Waals surface area (Å²) in [5.41, 5.74) is 1.99. The Morgan fingerprint density at radius 2 is 2.30 bits per heavy atom. The summed E-state index contributed by atoms with van der Waals surface area (Å²) in [6.07, 6.45) is 3.65. The van der Waals surface area contributed by atoms with E-state index >= 15 is 0 Å². The predicted molar refractivity (Wildman–Crippen MR) is 84.5 cm³/mol. The van der Waals surface area contributed by atoms with Gasteiger partial charge in [-0.05, 0) is 30.9 Å². The fourth-order valence-corrected chi connectivity index (χ4v) is 2.42. The van der Waals surface area contributed by atoms with Crippen molar-refractivity contribution in [3.05, 3.63) is 46.6 Å². The highest BCUT2D eigenvalue weighted by Gasteiger charge is 2.11. The van der Waals surface area contributed by atoms with Crippen LogP contribution in [0.5, 0.6) is 0 Å². The second-order valence-corrected chi connectivity index (χ2v) is 5.75. The Kier molecular flexibility index (Phi) is 5.09. The van der Waals surface area contributed by atoms with Crippen molar-refractivity contribution in [3.63, 3.8) is 0 Å². The first-order chi connectivity index (χ1) is 9.60. The van der Waals surface area contributed by atoms with Gasteiger partial charge < -0.3 is 5.32 Å². The number of carbonyl (C=O) groups is 1. The number of benzene rings is 1. The van der Waals surface area contributed by atoms with Gasteiger partial charge in [-0.15, -0.1) is 0 Å². The van der Waals surface area contributed by atoms with E-state index in [0.29, 0.717) is 17.3 Å². The SMILES string of the molecule is CSCC(=O)Nc1c(C)cnn1Cc1cccc(Cl)c1. The number of nitrogens with one attached hydrogen (secondary N) is 1. The smallest absolute Gasteiger partial charge is 0.235 e. The third-order valence-corrected chi connectivity index (χ3v) is 3.56. The van der Waals surface area contributed by atoms with E-state index in [-0.39, 0.29) is 5.91 Å². The van der Waals surface area contributed by atoms with Crippen LogP contribution in [0.4, 0.5) is 5.82 Å². The van der Waals surface area contributed by atoms with Crippen molar-refractivity contribution < 1.29 is 4.79 Å². The number of aromatic nitrogens is 2. The van der Waals surface area contributed by atoms with E-state index < -0.39 is 0 Å². The Morgan fingerprint density at radius 3 is 3.00 bits per heavy atom. The van der Waals surface area contributed by atoms with Crippen molar-refractivity contribution in [2.24, 2.45) is 0 Å². The van der Waals surface area contributed by atoms with Crippen LogP contribution in [-0.4, -0.2) is 27.7 Å². The number of hydrogen-bond donors (Lipinski definition) is 1. The molecule has 1 amide bonds. The van der Waals surface area contributed by atoms with E-state index in [1.807, 2.05) is 37.4 Å². The van der Waals surface area contributed by atoms with E-state index in [4.69, 9.17) is 11.6 Å². The summed E-state index contributed by atoms with van der Waals surface area (Å²) in [7, 11) is 0. The molecule has 2 rings (SSSR count). The molecule has 2 aromatic rings. The number of aryl methyl sites for hydroxylation is 1. The van der Waals surface area contributed by atoms with Gasteiger partial charge in [0.2, 0.25) is 5.91 Å². The molecule has 0 radical (unpaired) electrons. The van der Waals surface area contributed by atoms with Crippen molar-refractivity contribution in [3.8, 4) is 0 Å². The molecule has 106 valence electrons. The van der Waals surface area contributed by atoms with Gasteiger partial charge in [0, 0.05) is 10.6 Å². The fraction of sp³-hybridized carbons (Fsp3) is 0.286. The molecule has 1 N–H and O–H groups in total. The summed E-state index contributed by atoms with van der Waals surface area (Å²) in [6.45, 7) is 2.50. The molecule has 6 heteroatoms. The van der Waals surface area contributed by atoms with Crippen LogP contribution in [-0.2, 0) is 11.3 Å². The maximum Gasteiger partial charge on any atom is 0.235 e. The molecule has 0 bridgehead atoms. The molecule has 0 aliphatic carbocycles. The minimum Gasteiger partial charge on any atom is -0.310 e. The number of hydrogen-bond acceptors (Lipinski definition) is 3. The van der Waals surface area contributed by atoms with Crippen molar-refractivity contribution in [2.75, 3.05) is 17.3 Å². The molecule has 0 atom stereocenters. The van der Waals surface area contributed by atoms with E-state index in [1.165, 1.54) is 11.8 Å². The molecule has 0 saturated heterocycles. The minimum absolute atomic E-state index is 0.0200. The summed E-state index contributed by atoms with van der Waals surface area (Å²) >= 11 is 7.47. The quantitative estimate of drug-likeness (QED) is 0.922. The lowest BCUT2D eigenvalue weighted by Crippen LogP contribution is -2.18. The third-order valence-electron chi connectivity index (χ3n) is 2.78. The van der Waals surface area contributed by atoms with E-state index in [2.05, 4.69) is 10.4 Å². The number of anilines is 1. The van der Waals surface area contributed by atoms with E-state index in [0.717, 1.165) is 16.9 Å². The normalized spacial score (nSPS) is 10.6. The number of amides is 1. The van der Waals surface area contributed by atoms with E-state index in [9.17, 15) is 4.79 Å². The van der Waals surface area contributed by atoms with Crippen LogP contribution in [0.2, 0.25) is 5.02 Å². The molecule has 0 aliphatic heterocycles. The van der Waals surface area contributed by atoms with E-state index in [1.54, 1.807) is 10.9 Å². The monoisotopic (exact) mass is 309 g/mol. The van der Waals surface area contributed by atoms with Crippen molar-refractivity contribution >= 4 is 35.1 Å². The molecule has 0 unspecified atom stereocenters. The summed E-state index contributed by atoms with van der Waals surface area (Å²) in [6, 6.07) is 7.61. The van der Waals surface area contributed by atoms with Gasteiger partial charge in [-0.25, -0.2) is 4.68 Å². The van der Waals surface area contributed by atoms with Crippen molar-refractivity contribution in [1.29, 1.82) is 0 Å². The average Bonchev–Trinajstić information content (AvgIpc) is 2.72. The summed E-state index contributed by atoms with van der Waals surface area (Å²) in [4.78, 5) is 11.7. The Labute approximate surface area is 127 Å². The Morgan fingerprint density at radius 1 is 1.50 bits per heavy atom. The largest absolute Gasteiger partial charge is 0.310 e. The van der Waals surface area contributed by atoms with Crippen LogP contribution in [0, 0.1) is 6.92 Å². The summed E-state index contributed by atoms with van der Waals surface area (Å²) < 4.78 is 1.78. The standard InChI is InChI=1S/C14H16ClN3OS/c1-10-7-16-18(14(10)17-13(19)9-20-2)8-11-4-3-5-12(15)6-11/h3-7H,8-9H2,1-2H3,(H,17,19). The number of rotatable bonds is 5. The summed E-state index contributed by atoms with van der Waals surface area (Å²) in [5, 5.41) is 7.90. The zero-order valence-electron chi connectivity index (χ0n) is 11.4. The Hall–Kier alpha value is -1.46. The van der Waals surface area contributed by atoms with Crippen LogP contribution in [0.25, 0.3) is 0 Å². The maximum atomic E-state index is 11.7. The molecular weight excluding hydrogens is 294 g/mol. The Balaban J connectivity index is 2.18. The van der Waals surface area contributed by atoms with Crippen LogP contribution < -0.4 is 5.32 Å². The zero-order valence-corrected chi connectivity index (χ0v) is 13.0. The van der Waals surface area contributed by atoms with Gasteiger partial charge >= 0.3 is 0 Å². The third kappa shape index (κ3) is 3.77. The molecule has 4 nitrogen and oxygen atoms in total. The number of halogens is 1. The zero-order chi connectivity index (χ0) is 14.5. The lowest BCUT2D eigenvalue weighted by atomic mass is 10.2. The molecule has 1 heterocycles. The lowest BCUT2D eigenvalue weighted by Gasteiger charge is -2.10. The molecule has 0 saturated carbocycles. The first-order valence-corrected chi connectivity index (χ1v) is 7.93. The lowest BCUT2D eigenvalue weighted by molar-refractivity contribution is -0.113. The minimum atomic E-state index is -0.0200. The van der Waals surface area contributed by atoms with Crippen LogP contribution in [0.3, 0.4) is 0 Å². The number of thioether (sulfide) groups is 1. The summed E-state index contributed by atoms with van der Waals surface area (Å²) in [5.74, 6) is 1.15. The van der Waals surface area contributed by atoms with Gasteiger partial charge in [-0.2, -0.15) is 16.9 Å². The average molecular weight is 310 g/mol.